The first kappa shape index (κ1) is 18.6. The lowest BCUT2D eigenvalue weighted by atomic mass is 10.1. The third-order valence-electron chi connectivity index (χ3n) is 3.18. The summed E-state index contributed by atoms with van der Waals surface area (Å²) in [6, 6.07) is 13.3. The van der Waals surface area contributed by atoms with E-state index in [0.29, 0.717) is 5.82 Å². The zero-order valence-electron chi connectivity index (χ0n) is 14.9. The third-order valence-corrected chi connectivity index (χ3v) is 3.18. The molecule has 0 aliphatic heterocycles. The van der Waals surface area contributed by atoms with Crippen molar-refractivity contribution in [2.24, 2.45) is 0 Å². The molecule has 0 atom stereocenters. The van der Waals surface area contributed by atoms with E-state index in [-0.39, 0.29) is 5.56 Å². The lowest BCUT2D eigenvalue weighted by molar-refractivity contribution is 0.979. The Bertz CT molecular complexity index is 802. The lowest BCUT2D eigenvalue weighted by Gasteiger charge is -2.10. The van der Waals surface area contributed by atoms with Crippen LogP contribution in [0.5, 0.6) is 0 Å². The molecule has 0 saturated heterocycles. The average molecular weight is 310 g/mol. The molecule has 3 aromatic rings. The first-order valence-electron chi connectivity index (χ1n) is 8.20. The maximum absolute atomic E-state index is 12.2. The molecule has 0 radical (unpaired) electrons. The first-order chi connectivity index (χ1) is 11.1. The molecule has 23 heavy (non-hydrogen) atoms. The van der Waals surface area contributed by atoms with Crippen LogP contribution in [0.3, 0.4) is 0 Å². The minimum absolute atomic E-state index is 0.0607. The van der Waals surface area contributed by atoms with Gasteiger partial charge in [-0.1, -0.05) is 45.9 Å². The van der Waals surface area contributed by atoms with Gasteiger partial charge in [-0.2, -0.15) is 0 Å². The Labute approximate surface area is 138 Å². The Hall–Kier alpha value is -2.42. The SMILES string of the molecule is CC.CC.Cc1ccc(-n2c(=O)ccc3ccc(C)cc32)nc1. The molecule has 0 amide bonds. The van der Waals surface area contributed by atoms with E-state index in [9.17, 15) is 4.79 Å². The predicted octanol–water partition coefficient (Wildman–Crippen LogP) is 5.05. The summed E-state index contributed by atoms with van der Waals surface area (Å²) in [6.07, 6.45) is 1.77. The summed E-state index contributed by atoms with van der Waals surface area (Å²) in [5.74, 6) is 0.659. The minimum Gasteiger partial charge on any atom is -0.269 e. The van der Waals surface area contributed by atoms with E-state index in [0.717, 1.165) is 22.0 Å². The Morgan fingerprint density at radius 1 is 0.826 bits per heavy atom. The molecule has 3 heteroatoms. The van der Waals surface area contributed by atoms with Crippen molar-refractivity contribution in [2.75, 3.05) is 0 Å². The van der Waals surface area contributed by atoms with Gasteiger partial charge in [-0.3, -0.25) is 9.36 Å². The summed E-state index contributed by atoms with van der Waals surface area (Å²) < 4.78 is 1.65. The number of benzene rings is 1. The molecule has 122 valence electrons. The third kappa shape index (κ3) is 4.28. The van der Waals surface area contributed by atoms with Crippen molar-refractivity contribution < 1.29 is 0 Å². The number of aromatic nitrogens is 2. The molecule has 3 nitrogen and oxygen atoms in total. The van der Waals surface area contributed by atoms with Crippen molar-refractivity contribution in [1.82, 2.24) is 9.55 Å². The van der Waals surface area contributed by atoms with Crippen molar-refractivity contribution in [1.29, 1.82) is 0 Å². The molecular formula is C20H26N2O. The van der Waals surface area contributed by atoms with Gasteiger partial charge in [-0.25, -0.2) is 4.98 Å². The van der Waals surface area contributed by atoms with Crippen LogP contribution in [-0.4, -0.2) is 9.55 Å². The second-order valence-corrected chi connectivity index (χ2v) is 4.76. The van der Waals surface area contributed by atoms with Gasteiger partial charge < -0.3 is 0 Å². The maximum Gasteiger partial charge on any atom is 0.256 e. The summed E-state index contributed by atoms with van der Waals surface area (Å²) in [5, 5.41) is 1.03. The molecule has 0 aliphatic rings. The van der Waals surface area contributed by atoms with Gasteiger partial charge in [0.2, 0.25) is 0 Å². The van der Waals surface area contributed by atoms with Gasteiger partial charge in [0.15, 0.2) is 0 Å². The normalized spacial score (nSPS) is 9.48. The number of hydrogen-bond donors (Lipinski definition) is 0. The Morgan fingerprint density at radius 2 is 1.43 bits per heavy atom. The minimum atomic E-state index is -0.0607. The van der Waals surface area contributed by atoms with E-state index in [1.807, 2.05) is 77.9 Å². The van der Waals surface area contributed by atoms with Crippen LogP contribution in [0, 0.1) is 13.8 Å². The molecule has 2 heterocycles. The molecule has 3 rings (SSSR count). The van der Waals surface area contributed by atoms with Crippen LogP contribution in [0.15, 0.2) is 53.5 Å². The van der Waals surface area contributed by atoms with E-state index in [4.69, 9.17) is 0 Å². The molecule has 0 saturated carbocycles. The quantitative estimate of drug-likeness (QED) is 0.630. The van der Waals surface area contributed by atoms with Crippen LogP contribution in [0.2, 0.25) is 0 Å². The number of aryl methyl sites for hydroxylation is 2. The molecule has 0 unspecified atom stereocenters. The standard InChI is InChI=1S/C16H14N2O.2C2H6/c1-11-3-5-13-6-8-16(19)18(14(13)9-11)15-7-4-12(2)10-17-15;2*1-2/h3-10H,1-2H3;2*1-2H3. The number of pyridine rings is 2. The van der Waals surface area contributed by atoms with Gasteiger partial charge in [0.05, 0.1) is 5.52 Å². The fourth-order valence-corrected chi connectivity index (χ4v) is 2.17. The lowest BCUT2D eigenvalue weighted by Crippen LogP contribution is -2.18. The zero-order chi connectivity index (χ0) is 17.4. The molecule has 0 fully saturated rings. The number of nitrogens with zero attached hydrogens (tertiary/aromatic N) is 2. The van der Waals surface area contributed by atoms with Gasteiger partial charge in [0.1, 0.15) is 5.82 Å². The van der Waals surface area contributed by atoms with Crippen molar-refractivity contribution in [3.05, 3.63) is 70.1 Å². The van der Waals surface area contributed by atoms with Crippen LogP contribution in [0.4, 0.5) is 0 Å². The van der Waals surface area contributed by atoms with Crippen LogP contribution in [0.1, 0.15) is 38.8 Å². The summed E-state index contributed by atoms with van der Waals surface area (Å²) in [5.41, 5.74) is 3.03. The van der Waals surface area contributed by atoms with Crippen molar-refractivity contribution in [2.45, 2.75) is 41.5 Å². The van der Waals surface area contributed by atoms with E-state index in [1.165, 1.54) is 0 Å². The molecule has 0 bridgehead atoms. The zero-order valence-corrected chi connectivity index (χ0v) is 14.9. The molecule has 1 aromatic carbocycles. The van der Waals surface area contributed by atoms with Gasteiger partial charge >= 0.3 is 0 Å². The summed E-state index contributed by atoms with van der Waals surface area (Å²) in [4.78, 5) is 16.5. The van der Waals surface area contributed by atoms with Crippen LogP contribution in [-0.2, 0) is 0 Å². The van der Waals surface area contributed by atoms with Crippen molar-refractivity contribution in [3.8, 4) is 5.82 Å². The fraction of sp³-hybridized carbons (Fsp3) is 0.300. The van der Waals surface area contributed by atoms with Gasteiger partial charge in [-0.15, -0.1) is 0 Å². The second-order valence-electron chi connectivity index (χ2n) is 4.76. The predicted molar refractivity (Wildman–Crippen MR) is 99.5 cm³/mol. The van der Waals surface area contributed by atoms with Gasteiger partial charge in [-0.05, 0) is 48.6 Å². The average Bonchev–Trinajstić information content (AvgIpc) is 2.59. The molecule has 0 spiro atoms. The van der Waals surface area contributed by atoms with Crippen LogP contribution in [0.25, 0.3) is 16.7 Å². The Kier molecular flexibility index (Phi) is 7.20. The Balaban J connectivity index is 0.000000615. The number of fused-ring (bicyclic) bond motifs is 1. The maximum atomic E-state index is 12.2. The van der Waals surface area contributed by atoms with Crippen molar-refractivity contribution in [3.63, 3.8) is 0 Å². The highest BCUT2D eigenvalue weighted by molar-refractivity contribution is 5.81. The Morgan fingerprint density at radius 3 is 2.04 bits per heavy atom. The van der Waals surface area contributed by atoms with Gasteiger partial charge in [0, 0.05) is 12.3 Å². The van der Waals surface area contributed by atoms with Gasteiger partial charge in [0.25, 0.3) is 5.56 Å². The molecule has 2 aromatic heterocycles. The highest BCUT2D eigenvalue weighted by Crippen LogP contribution is 2.16. The number of rotatable bonds is 1. The topological polar surface area (TPSA) is 34.9 Å². The smallest absolute Gasteiger partial charge is 0.256 e. The van der Waals surface area contributed by atoms with E-state index in [1.54, 1.807) is 16.8 Å². The van der Waals surface area contributed by atoms with Crippen LogP contribution < -0.4 is 5.56 Å². The van der Waals surface area contributed by atoms with Crippen LogP contribution >= 0.6 is 0 Å². The van der Waals surface area contributed by atoms with E-state index >= 15 is 0 Å². The number of hydrogen-bond acceptors (Lipinski definition) is 2. The summed E-state index contributed by atoms with van der Waals surface area (Å²) in [6.45, 7) is 12.0. The highest BCUT2D eigenvalue weighted by Gasteiger charge is 2.06. The largest absolute Gasteiger partial charge is 0.269 e. The monoisotopic (exact) mass is 310 g/mol. The summed E-state index contributed by atoms with van der Waals surface area (Å²) >= 11 is 0. The van der Waals surface area contributed by atoms with Crippen molar-refractivity contribution >= 4 is 10.9 Å². The van der Waals surface area contributed by atoms with E-state index < -0.39 is 0 Å². The molecule has 0 aliphatic carbocycles. The van der Waals surface area contributed by atoms with E-state index in [2.05, 4.69) is 4.98 Å². The summed E-state index contributed by atoms with van der Waals surface area (Å²) in [7, 11) is 0. The second kappa shape index (κ2) is 8.89. The highest BCUT2D eigenvalue weighted by atomic mass is 16.1. The molecular weight excluding hydrogens is 284 g/mol. The molecule has 0 N–H and O–H groups in total. The first-order valence-corrected chi connectivity index (χ1v) is 8.20. The fourth-order valence-electron chi connectivity index (χ4n) is 2.17.